The average molecular weight is 301 g/mol. The van der Waals surface area contributed by atoms with Gasteiger partial charge in [0, 0.05) is 30.7 Å². The van der Waals surface area contributed by atoms with Crippen molar-refractivity contribution in [1.82, 2.24) is 4.90 Å². The van der Waals surface area contributed by atoms with E-state index in [4.69, 9.17) is 10.5 Å². The Bertz CT molecular complexity index is 479. The highest BCUT2D eigenvalue weighted by Crippen LogP contribution is 2.15. The maximum absolute atomic E-state index is 12.9. The van der Waals surface area contributed by atoms with Gasteiger partial charge in [0.05, 0.1) is 6.54 Å². The third-order valence-electron chi connectivity index (χ3n) is 2.86. The lowest BCUT2D eigenvalue weighted by molar-refractivity contribution is 0.324. The Balaban J connectivity index is 1.76. The SMILES string of the molecule is NC(=NCCOc1ccc(F)c(F)c1)N1CCSCC1. The van der Waals surface area contributed by atoms with Crippen molar-refractivity contribution in [3.63, 3.8) is 0 Å². The Morgan fingerprint density at radius 2 is 2.05 bits per heavy atom. The number of nitrogens with two attached hydrogens (primary N) is 1. The fraction of sp³-hybridized carbons (Fsp3) is 0.462. The van der Waals surface area contributed by atoms with E-state index in [1.165, 1.54) is 6.07 Å². The zero-order chi connectivity index (χ0) is 14.4. The summed E-state index contributed by atoms with van der Waals surface area (Å²) in [6.07, 6.45) is 0. The first-order valence-electron chi connectivity index (χ1n) is 6.37. The predicted molar refractivity (Wildman–Crippen MR) is 77.2 cm³/mol. The van der Waals surface area contributed by atoms with Crippen LogP contribution in [-0.2, 0) is 0 Å². The standard InChI is InChI=1S/C13H17F2N3OS/c14-11-2-1-10(9-12(11)15)19-6-3-17-13(16)18-4-7-20-8-5-18/h1-2,9H,3-8H2,(H2,16,17). The highest BCUT2D eigenvalue weighted by molar-refractivity contribution is 7.99. The number of halogens is 2. The van der Waals surface area contributed by atoms with Gasteiger partial charge in [-0.15, -0.1) is 0 Å². The van der Waals surface area contributed by atoms with E-state index in [-0.39, 0.29) is 12.4 Å². The number of nitrogens with zero attached hydrogens (tertiary/aromatic N) is 2. The van der Waals surface area contributed by atoms with Crippen molar-refractivity contribution in [2.24, 2.45) is 10.7 Å². The maximum atomic E-state index is 12.9. The minimum absolute atomic E-state index is 0.272. The van der Waals surface area contributed by atoms with Gasteiger partial charge in [-0.2, -0.15) is 11.8 Å². The molecule has 1 aliphatic rings. The number of hydrogen-bond acceptors (Lipinski definition) is 3. The van der Waals surface area contributed by atoms with Crippen LogP contribution in [0.5, 0.6) is 5.75 Å². The number of ether oxygens (including phenoxy) is 1. The van der Waals surface area contributed by atoms with Crippen LogP contribution < -0.4 is 10.5 Å². The molecule has 1 aromatic carbocycles. The average Bonchev–Trinajstić information content (AvgIpc) is 2.48. The molecule has 0 amide bonds. The normalized spacial score (nSPS) is 16.3. The third-order valence-corrected chi connectivity index (χ3v) is 3.80. The molecular formula is C13H17F2N3OS. The zero-order valence-electron chi connectivity index (χ0n) is 11.0. The first-order valence-corrected chi connectivity index (χ1v) is 7.53. The van der Waals surface area contributed by atoms with Crippen molar-refractivity contribution in [2.75, 3.05) is 37.7 Å². The maximum Gasteiger partial charge on any atom is 0.191 e. The van der Waals surface area contributed by atoms with Gasteiger partial charge in [0.15, 0.2) is 17.6 Å². The molecule has 4 nitrogen and oxygen atoms in total. The summed E-state index contributed by atoms with van der Waals surface area (Å²) in [7, 11) is 0. The second-order valence-corrected chi connectivity index (χ2v) is 5.49. The monoisotopic (exact) mass is 301 g/mol. The summed E-state index contributed by atoms with van der Waals surface area (Å²) in [5.41, 5.74) is 5.87. The second kappa shape index (κ2) is 7.33. The van der Waals surface area contributed by atoms with Crippen molar-refractivity contribution in [2.45, 2.75) is 0 Å². The van der Waals surface area contributed by atoms with E-state index in [1.54, 1.807) is 0 Å². The molecule has 0 aliphatic carbocycles. The number of thioether (sulfide) groups is 1. The van der Waals surface area contributed by atoms with Crippen molar-refractivity contribution >= 4 is 17.7 Å². The van der Waals surface area contributed by atoms with Gasteiger partial charge < -0.3 is 15.4 Å². The lowest BCUT2D eigenvalue weighted by Gasteiger charge is -2.27. The number of hydrogen-bond donors (Lipinski definition) is 1. The van der Waals surface area contributed by atoms with Crippen molar-refractivity contribution in [3.05, 3.63) is 29.8 Å². The summed E-state index contributed by atoms with van der Waals surface area (Å²) in [5, 5.41) is 0. The third kappa shape index (κ3) is 4.26. The Hall–Kier alpha value is -1.50. The van der Waals surface area contributed by atoms with Crippen LogP contribution in [0.15, 0.2) is 23.2 Å². The van der Waals surface area contributed by atoms with Crippen LogP contribution in [0, 0.1) is 11.6 Å². The van der Waals surface area contributed by atoms with Crippen molar-refractivity contribution < 1.29 is 13.5 Å². The largest absolute Gasteiger partial charge is 0.492 e. The van der Waals surface area contributed by atoms with E-state index in [0.29, 0.717) is 12.5 Å². The van der Waals surface area contributed by atoms with Gasteiger partial charge in [-0.25, -0.2) is 13.8 Å². The molecule has 2 rings (SSSR count). The molecule has 2 N–H and O–H groups in total. The summed E-state index contributed by atoms with van der Waals surface area (Å²) < 4.78 is 31.0. The molecule has 110 valence electrons. The van der Waals surface area contributed by atoms with Gasteiger partial charge >= 0.3 is 0 Å². The lowest BCUT2D eigenvalue weighted by atomic mass is 10.3. The molecule has 1 fully saturated rings. The molecule has 0 saturated carbocycles. The fourth-order valence-electron chi connectivity index (χ4n) is 1.78. The van der Waals surface area contributed by atoms with Gasteiger partial charge in [-0.1, -0.05) is 0 Å². The smallest absolute Gasteiger partial charge is 0.191 e. The molecule has 0 bridgehead atoms. The van der Waals surface area contributed by atoms with Crippen LogP contribution in [0.2, 0.25) is 0 Å². The Kier molecular flexibility index (Phi) is 5.46. The van der Waals surface area contributed by atoms with E-state index in [2.05, 4.69) is 4.99 Å². The van der Waals surface area contributed by atoms with E-state index in [9.17, 15) is 8.78 Å². The molecule has 1 aromatic rings. The van der Waals surface area contributed by atoms with E-state index < -0.39 is 11.6 Å². The molecule has 7 heteroatoms. The molecule has 1 heterocycles. The zero-order valence-corrected chi connectivity index (χ0v) is 11.8. The molecular weight excluding hydrogens is 284 g/mol. The highest BCUT2D eigenvalue weighted by Gasteiger charge is 2.11. The van der Waals surface area contributed by atoms with Crippen LogP contribution in [-0.4, -0.2) is 48.6 Å². The number of guanidine groups is 1. The molecule has 1 aliphatic heterocycles. The van der Waals surface area contributed by atoms with Gasteiger partial charge in [-0.3, -0.25) is 0 Å². The first-order chi connectivity index (χ1) is 9.66. The minimum atomic E-state index is -0.920. The summed E-state index contributed by atoms with van der Waals surface area (Å²) in [6, 6.07) is 3.44. The van der Waals surface area contributed by atoms with Crippen LogP contribution in [0.4, 0.5) is 8.78 Å². The van der Waals surface area contributed by atoms with Gasteiger partial charge in [0.1, 0.15) is 12.4 Å². The second-order valence-electron chi connectivity index (χ2n) is 4.26. The van der Waals surface area contributed by atoms with Crippen LogP contribution in [0.3, 0.4) is 0 Å². The van der Waals surface area contributed by atoms with Gasteiger partial charge in [0.2, 0.25) is 0 Å². The van der Waals surface area contributed by atoms with Crippen LogP contribution >= 0.6 is 11.8 Å². The summed E-state index contributed by atoms with van der Waals surface area (Å²) in [6.45, 7) is 2.47. The molecule has 1 saturated heterocycles. The van der Waals surface area contributed by atoms with Crippen molar-refractivity contribution in [3.8, 4) is 5.75 Å². The quantitative estimate of drug-likeness (QED) is 0.522. The topological polar surface area (TPSA) is 50.9 Å². The van der Waals surface area contributed by atoms with E-state index in [0.717, 1.165) is 36.7 Å². The van der Waals surface area contributed by atoms with E-state index in [1.807, 2.05) is 16.7 Å². The predicted octanol–water partition coefficient (Wildman–Crippen LogP) is 1.71. The lowest BCUT2D eigenvalue weighted by Crippen LogP contribution is -2.42. The van der Waals surface area contributed by atoms with Gasteiger partial charge in [-0.05, 0) is 12.1 Å². The van der Waals surface area contributed by atoms with Crippen LogP contribution in [0.25, 0.3) is 0 Å². The number of rotatable bonds is 4. The van der Waals surface area contributed by atoms with Crippen LogP contribution in [0.1, 0.15) is 0 Å². The fourth-order valence-corrected chi connectivity index (χ4v) is 2.69. The van der Waals surface area contributed by atoms with E-state index >= 15 is 0 Å². The molecule has 0 aromatic heterocycles. The van der Waals surface area contributed by atoms with Crippen molar-refractivity contribution in [1.29, 1.82) is 0 Å². The first kappa shape index (κ1) is 14.9. The Morgan fingerprint density at radius 3 is 2.75 bits per heavy atom. The minimum Gasteiger partial charge on any atom is -0.492 e. The Labute approximate surface area is 121 Å². The molecule has 0 radical (unpaired) electrons. The molecule has 0 atom stereocenters. The number of benzene rings is 1. The summed E-state index contributed by atoms with van der Waals surface area (Å²) >= 11 is 1.90. The summed E-state index contributed by atoms with van der Waals surface area (Å²) in [5.74, 6) is 1.11. The molecule has 20 heavy (non-hydrogen) atoms. The highest BCUT2D eigenvalue weighted by atomic mass is 32.2. The Morgan fingerprint density at radius 1 is 1.30 bits per heavy atom. The van der Waals surface area contributed by atoms with Gasteiger partial charge in [0.25, 0.3) is 0 Å². The summed E-state index contributed by atoms with van der Waals surface area (Å²) in [4.78, 5) is 6.26. The molecule has 0 unspecified atom stereocenters. The number of aliphatic imine (C=N–C) groups is 1. The molecule has 0 spiro atoms.